The van der Waals surface area contributed by atoms with E-state index in [9.17, 15) is 4.79 Å². The van der Waals surface area contributed by atoms with Crippen molar-refractivity contribution in [2.75, 3.05) is 50.2 Å². The SMILES string of the molecule is Cc1cc(N(C)CCN(C)C)c(N)cc1Nc1nccc(-c2c(C(N)=O)n(C)c3ccccc23)n1.[3HH].[3H][3H].[3H][3H].[3H][3H].[3H][3H].[3H][3H].[3H][3H].[3H][3H].[3H][3H].[3H][3H].[3H][3H].[3H][3H].[3H][3H].[3H][3H].[3H][3H]. The van der Waals surface area contributed by atoms with E-state index in [1.807, 2.05) is 65.4 Å². The van der Waals surface area contributed by atoms with Crippen LogP contribution in [0.2, 0.25) is 0 Å². The van der Waals surface area contributed by atoms with Gasteiger partial charge in [-0.2, -0.15) is 0 Å². The molecule has 5 N–H and O–H groups in total. The van der Waals surface area contributed by atoms with E-state index in [1.54, 1.807) is 16.8 Å². The monoisotopic (exact) mass is 561 g/mol. The van der Waals surface area contributed by atoms with Gasteiger partial charge in [-0.1, -0.05) is 18.2 Å². The molecule has 0 spiro atoms. The molecule has 2 heterocycles. The van der Waals surface area contributed by atoms with Crippen LogP contribution in [0, 0.1) is 6.92 Å². The Morgan fingerprint density at radius 3 is 2.63 bits per heavy atom. The Labute approximate surface area is 250 Å². The minimum atomic E-state index is -0.510. The fourth-order valence-electron chi connectivity index (χ4n) is 4.26. The van der Waals surface area contributed by atoms with Crippen LogP contribution in [0.1, 0.15) is 59.1 Å². The summed E-state index contributed by atoms with van der Waals surface area (Å²) >= 11 is 0. The lowest BCUT2D eigenvalue weighted by Gasteiger charge is -2.24. The standard InChI is InChI=1S/C26H32N8O.15H2/c1-16-14-22(33(4)13-12-32(2)3)18(27)15-20(16)31-26-29-11-10-19(30-26)23-17-8-6-7-9-21(17)34(5)24(23)25(28)35;;;;;;;;;;;;;;;/h6-11,14-15H,12-13,27H2,1-5H3,(H2,28,35)(H,29,30,31);15*1H/i;14*1+2T;1+2. The van der Waals surface area contributed by atoms with E-state index < -0.39 is 5.91 Å². The summed E-state index contributed by atoms with van der Waals surface area (Å²) in [4.78, 5) is 25.7. The predicted octanol–water partition coefficient (Wildman–Crippen LogP) is 7.06. The lowest BCUT2D eigenvalue weighted by Crippen LogP contribution is -2.29. The third-order valence-electron chi connectivity index (χ3n) is 6.17. The molecule has 2 aromatic carbocycles. The number of benzene rings is 2. The first kappa shape index (κ1) is 12.0. The summed E-state index contributed by atoms with van der Waals surface area (Å²) in [5.74, 6) is -0.105. The molecule has 0 saturated heterocycles. The maximum Gasteiger partial charge on any atom is 0.266 e. The molecule has 0 bridgehead atoms. The number of nitrogens with one attached hydrogen (secondary N) is 1. The molecule has 9 heteroatoms. The van der Waals surface area contributed by atoms with Crippen LogP contribution in [-0.2, 0) is 7.05 Å². The second-order valence-corrected chi connectivity index (χ2v) is 9.01. The van der Waals surface area contributed by atoms with Gasteiger partial charge in [0.1, 0.15) is 5.69 Å². The molecular weight excluding hydrogens is 440 g/mol. The number of nitrogens with two attached hydrogens (primary N) is 2. The van der Waals surface area contributed by atoms with Crippen LogP contribution < -0.4 is 21.7 Å². The van der Waals surface area contributed by atoms with Crippen LogP contribution in [0.25, 0.3) is 22.2 Å². The molecule has 0 atom stereocenters. The Morgan fingerprint density at radius 2 is 1.91 bits per heavy atom. The zero-order valence-corrected chi connectivity index (χ0v) is 20.8. The van der Waals surface area contributed by atoms with Crippen molar-refractivity contribution in [3.05, 3.63) is 59.9 Å². The third kappa shape index (κ3) is 4.76. The van der Waals surface area contributed by atoms with Gasteiger partial charge < -0.3 is 31.2 Å². The van der Waals surface area contributed by atoms with Crippen molar-refractivity contribution in [3.63, 3.8) is 0 Å². The predicted molar refractivity (Wildman–Crippen MR) is 175 cm³/mol. The van der Waals surface area contributed by atoms with Crippen molar-refractivity contribution in [2.45, 2.75) is 6.92 Å². The van der Waals surface area contributed by atoms with Crippen LogP contribution in [-0.4, -0.2) is 59.6 Å². The smallest absolute Gasteiger partial charge is 0.266 e. The average molecular weight is 561 g/mol. The molecule has 0 fully saturated rings. The van der Waals surface area contributed by atoms with Gasteiger partial charge in [0.05, 0.1) is 17.1 Å². The summed E-state index contributed by atoms with van der Waals surface area (Å²) in [6.45, 7) is 3.81. The van der Waals surface area contributed by atoms with E-state index in [-0.39, 0.29) is 1.43 Å². The number of aryl methyl sites for hydroxylation is 2. The zero-order valence-electron chi connectivity index (χ0n) is 48.8. The highest BCUT2D eigenvalue weighted by atomic mass is 16.1. The maximum absolute atomic E-state index is 12.3. The number of rotatable bonds is 8. The van der Waals surface area contributed by atoms with Crippen molar-refractivity contribution in [2.24, 2.45) is 12.8 Å². The summed E-state index contributed by atoms with van der Waals surface area (Å²) < 4.78 is 142. The molecular formula is C26H62N8O. The fraction of sp³-hybridized carbons (Fsp3) is 0.269. The molecule has 9 nitrogen and oxygen atoms in total. The Hall–Kier alpha value is -4.11. The number of hydrogen-bond acceptors (Lipinski definition) is 7. The zero-order chi connectivity index (χ0) is 53.3. The van der Waals surface area contributed by atoms with E-state index in [1.165, 1.54) is 0 Å². The van der Waals surface area contributed by atoms with Crippen molar-refractivity contribution in [1.82, 2.24) is 19.4 Å². The van der Waals surface area contributed by atoms with E-state index in [2.05, 4.69) is 26.2 Å². The summed E-state index contributed by atoms with van der Waals surface area (Å²) in [5.41, 5.74) is 18.2. The molecule has 0 aliphatic rings. The summed E-state index contributed by atoms with van der Waals surface area (Å²) in [6.07, 6.45) is 1.67. The highest BCUT2D eigenvalue weighted by Gasteiger charge is 2.21. The van der Waals surface area contributed by atoms with Crippen LogP contribution in [0.3, 0.4) is 0 Å². The van der Waals surface area contributed by atoms with Gasteiger partial charge in [0, 0.05) is 98.5 Å². The lowest BCUT2D eigenvalue weighted by atomic mass is 10.1. The highest BCUT2D eigenvalue weighted by Crippen LogP contribution is 2.34. The molecule has 35 heavy (non-hydrogen) atoms. The number of carbonyl (C=O) groups excluding carboxylic acids is 1. The molecule has 4 aromatic rings. The van der Waals surface area contributed by atoms with Crippen molar-refractivity contribution < 1.29 is 47.8 Å². The van der Waals surface area contributed by atoms with E-state index in [0.717, 1.165) is 40.9 Å². The van der Waals surface area contributed by atoms with Gasteiger partial charge in [-0.25, -0.2) is 9.97 Å². The van der Waals surface area contributed by atoms with Crippen molar-refractivity contribution in [3.8, 4) is 11.3 Å². The molecule has 1 amide bonds. The Bertz CT molecular complexity index is 1460. The van der Waals surface area contributed by atoms with Gasteiger partial charge in [0.15, 0.2) is 0 Å². The number of fused-ring (bicyclic) bond motifs is 1. The summed E-state index contributed by atoms with van der Waals surface area (Å²) in [5, 5.41) is 4.19. The molecule has 0 saturated carbocycles. The third-order valence-corrected chi connectivity index (χ3v) is 6.17. The largest absolute Gasteiger partial charge is 0.397 e. The van der Waals surface area contributed by atoms with Crippen LogP contribution in [0.4, 0.5) is 23.0 Å². The van der Waals surface area contributed by atoms with E-state index in [0.29, 0.717) is 28.6 Å². The number of nitrogen functional groups attached to an aromatic ring is 1. The summed E-state index contributed by atoms with van der Waals surface area (Å²) in [6, 6.07) is 13.5. The minimum Gasteiger partial charge on any atom is -0.397 e. The average Bonchev–Trinajstić information content (AvgIpc) is 3.70. The van der Waals surface area contributed by atoms with Crippen LogP contribution in [0.15, 0.2) is 48.7 Å². The number of nitrogens with zero attached hydrogens (tertiary/aromatic N) is 5. The minimum absolute atomic E-state index is 0. The Kier molecular flexibility index (Phi) is 3.31. The topological polar surface area (TPSA) is 118 Å². The van der Waals surface area contributed by atoms with Crippen molar-refractivity contribution in [1.29, 1.82) is 0 Å². The Morgan fingerprint density at radius 1 is 1.17 bits per heavy atom. The first-order chi connectivity index (χ1) is 30.7. The van der Waals surface area contributed by atoms with Gasteiger partial charge in [0.2, 0.25) is 5.95 Å². The lowest BCUT2D eigenvalue weighted by molar-refractivity contribution is 0.0993. The number of amides is 1. The highest BCUT2D eigenvalue weighted by molar-refractivity contribution is 6.09. The Balaban J connectivity index is -0.0000000799. The number of aromatic nitrogens is 3. The summed E-state index contributed by atoms with van der Waals surface area (Å²) in [7, 11) is 7.97. The number of para-hydroxylation sites is 1. The van der Waals surface area contributed by atoms with Crippen LogP contribution in [0.5, 0.6) is 0 Å². The van der Waals surface area contributed by atoms with E-state index in [4.69, 9.17) is 58.0 Å². The maximum atomic E-state index is 12.3. The van der Waals surface area contributed by atoms with E-state index >= 15 is 0 Å². The molecule has 4 rings (SSSR count). The fourth-order valence-corrected chi connectivity index (χ4v) is 4.26. The van der Waals surface area contributed by atoms with Crippen LogP contribution >= 0.6 is 0 Å². The van der Waals surface area contributed by atoms with Gasteiger partial charge in [-0.15, -0.1) is 0 Å². The number of primary amides is 1. The number of anilines is 4. The van der Waals surface area contributed by atoms with Gasteiger partial charge in [-0.05, 0) is 50.8 Å². The number of carbonyl (C=O) groups is 1. The molecule has 0 radical (unpaired) electrons. The normalized spacial score (nSPS) is 14.5. The van der Waals surface area contributed by atoms with Gasteiger partial charge in [0.25, 0.3) is 5.91 Å². The quantitative estimate of drug-likeness (QED) is 0.197. The molecule has 2 aromatic heterocycles. The van der Waals surface area contributed by atoms with Gasteiger partial charge in [-0.3, -0.25) is 4.79 Å². The molecule has 212 valence electrons. The first-order valence-electron chi connectivity index (χ1n) is 25.4. The second kappa shape index (κ2) is 9.63. The van der Waals surface area contributed by atoms with Gasteiger partial charge >= 0.3 is 0 Å². The van der Waals surface area contributed by atoms with Crippen molar-refractivity contribution >= 4 is 39.8 Å². The number of likely N-dealkylation sites (N-methyl/N-ethyl adjacent to an activating group) is 2. The molecule has 0 unspecified atom stereocenters. The molecule has 0 aliphatic carbocycles. The number of hydrogen-bond donors (Lipinski definition) is 3. The first-order valence-corrected chi connectivity index (χ1v) is 11.4. The molecule has 0 aliphatic heterocycles. The second-order valence-electron chi connectivity index (χ2n) is 9.01.